The minimum absolute atomic E-state index is 0.0221. The summed E-state index contributed by atoms with van der Waals surface area (Å²) in [5.41, 5.74) is 2.07. The highest BCUT2D eigenvalue weighted by atomic mass is 35.5. The number of carbonyl (C=O) groups excluding carboxylic acids is 2. The van der Waals surface area contributed by atoms with Crippen molar-refractivity contribution in [2.24, 2.45) is 0 Å². The minimum Gasteiger partial charge on any atom is -0.355 e. The lowest BCUT2D eigenvalue weighted by molar-refractivity contribution is -0.141. The average Bonchev–Trinajstić information content (AvgIpc) is 2.90. The van der Waals surface area contributed by atoms with Crippen molar-refractivity contribution in [3.8, 4) is 0 Å². The molecule has 0 saturated carbocycles. The van der Waals surface area contributed by atoms with Crippen LogP contribution in [0.4, 0.5) is 5.69 Å². The van der Waals surface area contributed by atoms with Crippen LogP contribution in [0, 0.1) is 0 Å². The van der Waals surface area contributed by atoms with E-state index in [0.717, 1.165) is 21.7 Å². The number of carbonyl (C=O) groups is 2. The molecule has 3 rings (SSSR count). The summed E-state index contributed by atoms with van der Waals surface area (Å²) in [7, 11) is -3.70. The smallest absolute Gasteiger partial charge is 0.243 e. The summed E-state index contributed by atoms with van der Waals surface area (Å²) in [5.74, 6) is -0.495. The topological polar surface area (TPSA) is 86.8 Å². The fourth-order valence-electron chi connectivity index (χ4n) is 4.29. The lowest BCUT2D eigenvalue weighted by atomic mass is 10.0. The van der Waals surface area contributed by atoms with Gasteiger partial charge in [-0.2, -0.15) is 0 Å². The van der Waals surface area contributed by atoms with E-state index in [1.165, 1.54) is 12.1 Å². The molecule has 0 spiro atoms. The standard InChI is InChI=1S/C29H33Cl2N3O4S/c1-3-32-29(36)27(19-22-11-6-4-7-12-22)33(21-23-13-8-5-9-14-23)28(35)15-10-18-34(39(2,37)38)26-20-24(30)16-17-25(26)31/h4-9,11-14,16-17,20,27H,3,10,15,18-19,21H2,1-2H3,(H,32,36). The minimum atomic E-state index is -3.70. The maximum absolute atomic E-state index is 13.7. The van der Waals surface area contributed by atoms with Gasteiger partial charge in [-0.1, -0.05) is 83.9 Å². The first kappa shape index (κ1) is 30.5. The molecule has 0 radical (unpaired) electrons. The van der Waals surface area contributed by atoms with Gasteiger partial charge >= 0.3 is 0 Å². The second-order valence-electron chi connectivity index (χ2n) is 9.14. The first-order valence-electron chi connectivity index (χ1n) is 12.7. The molecule has 0 fully saturated rings. The molecule has 2 amide bonds. The van der Waals surface area contributed by atoms with Gasteiger partial charge in [0.25, 0.3) is 0 Å². The van der Waals surface area contributed by atoms with Gasteiger partial charge in [-0.15, -0.1) is 0 Å². The molecular weight excluding hydrogens is 557 g/mol. The van der Waals surface area contributed by atoms with Crippen molar-refractivity contribution in [1.82, 2.24) is 10.2 Å². The molecule has 0 aliphatic carbocycles. The van der Waals surface area contributed by atoms with Gasteiger partial charge in [0.1, 0.15) is 6.04 Å². The first-order valence-corrected chi connectivity index (χ1v) is 15.3. The SMILES string of the molecule is CCNC(=O)C(Cc1ccccc1)N(Cc1ccccc1)C(=O)CCCN(c1cc(Cl)ccc1Cl)S(C)(=O)=O. The van der Waals surface area contributed by atoms with Crippen LogP contribution in [-0.2, 0) is 32.6 Å². The second-order valence-corrected chi connectivity index (χ2v) is 11.9. The van der Waals surface area contributed by atoms with E-state index in [1.54, 1.807) is 11.0 Å². The van der Waals surface area contributed by atoms with Crippen LogP contribution in [-0.4, -0.2) is 50.5 Å². The maximum Gasteiger partial charge on any atom is 0.243 e. The van der Waals surface area contributed by atoms with Gasteiger partial charge in [-0.3, -0.25) is 13.9 Å². The summed E-state index contributed by atoms with van der Waals surface area (Å²) < 4.78 is 26.3. The molecule has 0 aliphatic rings. The monoisotopic (exact) mass is 589 g/mol. The van der Waals surface area contributed by atoms with Crippen molar-refractivity contribution in [3.05, 3.63) is 100 Å². The number of nitrogens with zero attached hydrogens (tertiary/aromatic N) is 2. The molecule has 0 aliphatic heterocycles. The van der Waals surface area contributed by atoms with Crippen molar-refractivity contribution in [2.75, 3.05) is 23.7 Å². The fraction of sp³-hybridized carbons (Fsp3) is 0.310. The highest BCUT2D eigenvalue weighted by Gasteiger charge is 2.30. The summed E-state index contributed by atoms with van der Waals surface area (Å²) in [5, 5.41) is 3.45. The number of amides is 2. The summed E-state index contributed by atoms with van der Waals surface area (Å²) >= 11 is 12.4. The number of hydrogen-bond donors (Lipinski definition) is 1. The molecule has 3 aromatic carbocycles. The number of sulfonamides is 1. The van der Waals surface area contributed by atoms with Crippen molar-refractivity contribution >= 4 is 50.7 Å². The Balaban J connectivity index is 1.86. The molecule has 7 nitrogen and oxygen atoms in total. The Morgan fingerprint density at radius 1 is 0.923 bits per heavy atom. The van der Waals surface area contributed by atoms with Crippen LogP contribution in [0.15, 0.2) is 78.9 Å². The maximum atomic E-state index is 13.7. The second kappa shape index (κ2) is 14.4. The van der Waals surface area contributed by atoms with E-state index in [2.05, 4.69) is 5.32 Å². The fourth-order valence-corrected chi connectivity index (χ4v) is 5.69. The third kappa shape index (κ3) is 8.98. The number of nitrogens with one attached hydrogen (secondary N) is 1. The van der Waals surface area contributed by atoms with Gasteiger partial charge < -0.3 is 10.2 Å². The van der Waals surface area contributed by atoms with Crippen LogP contribution < -0.4 is 9.62 Å². The summed E-state index contributed by atoms with van der Waals surface area (Å²) in [4.78, 5) is 28.5. The van der Waals surface area contributed by atoms with E-state index >= 15 is 0 Å². The molecule has 1 unspecified atom stereocenters. The van der Waals surface area contributed by atoms with Crippen molar-refractivity contribution in [2.45, 2.75) is 38.8 Å². The largest absolute Gasteiger partial charge is 0.355 e. The van der Waals surface area contributed by atoms with Crippen LogP contribution in [0.3, 0.4) is 0 Å². The summed E-state index contributed by atoms with van der Waals surface area (Å²) in [6, 6.07) is 22.9. The van der Waals surface area contributed by atoms with E-state index in [0.29, 0.717) is 18.0 Å². The Morgan fingerprint density at radius 2 is 1.54 bits per heavy atom. The normalized spacial score (nSPS) is 12.0. The predicted molar refractivity (Wildman–Crippen MR) is 157 cm³/mol. The molecule has 0 bridgehead atoms. The van der Waals surface area contributed by atoms with Crippen LogP contribution >= 0.6 is 23.2 Å². The number of anilines is 1. The number of rotatable bonds is 13. The van der Waals surface area contributed by atoms with Crippen LogP contribution in [0.25, 0.3) is 0 Å². The highest BCUT2D eigenvalue weighted by Crippen LogP contribution is 2.31. The lowest BCUT2D eigenvalue weighted by Gasteiger charge is -2.32. The molecular formula is C29H33Cl2N3O4S. The van der Waals surface area contributed by atoms with Gasteiger partial charge in [0.15, 0.2) is 0 Å². The number of halogens is 2. The van der Waals surface area contributed by atoms with E-state index in [4.69, 9.17) is 23.2 Å². The Bertz CT molecular complexity index is 1360. The zero-order valence-corrected chi connectivity index (χ0v) is 24.3. The number of hydrogen-bond acceptors (Lipinski definition) is 4. The zero-order valence-electron chi connectivity index (χ0n) is 22.0. The van der Waals surface area contributed by atoms with Gasteiger partial charge in [0.05, 0.1) is 17.0 Å². The van der Waals surface area contributed by atoms with E-state index in [1.807, 2.05) is 67.6 Å². The number of likely N-dealkylation sites (N-methyl/N-ethyl adjacent to an activating group) is 1. The summed E-state index contributed by atoms with van der Waals surface area (Å²) in [6.45, 7) is 2.53. The van der Waals surface area contributed by atoms with E-state index in [9.17, 15) is 18.0 Å². The molecule has 1 atom stereocenters. The molecule has 3 aromatic rings. The molecule has 0 heterocycles. The summed E-state index contributed by atoms with van der Waals surface area (Å²) in [6.07, 6.45) is 1.67. The molecule has 0 aromatic heterocycles. The van der Waals surface area contributed by atoms with Gasteiger partial charge in [0, 0.05) is 37.5 Å². The van der Waals surface area contributed by atoms with Crippen molar-refractivity contribution in [1.29, 1.82) is 0 Å². The highest BCUT2D eigenvalue weighted by molar-refractivity contribution is 7.92. The predicted octanol–water partition coefficient (Wildman–Crippen LogP) is 5.32. The molecule has 208 valence electrons. The van der Waals surface area contributed by atoms with Crippen LogP contribution in [0.2, 0.25) is 10.0 Å². The number of benzene rings is 3. The Kier molecular flexibility index (Phi) is 11.2. The van der Waals surface area contributed by atoms with Gasteiger partial charge in [-0.25, -0.2) is 8.42 Å². The molecule has 0 saturated heterocycles. The molecule has 39 heavy (non-hydrogen) atoms. The molecule has 10 heteroatoms. The third-order valence-electron chi connectivity index (χ3n) is 6.15. The Morgan fingerprint density at radius 3 is 2.13 bits per heavy atom. The van der Waals surface area contributed by atoms with Gasteiger partial charge in [-0.05, 0) is 42.7 Å². The van der Waals surface area contributed by atoms with Crippen LogP contribution in [0.1, 0.15) is 30.9 Å². The quantitative estimate of drug-likeness (QED) is 0.292. The zero-order chi connectivity index (χ0) is 28.4. The van der Waals surface area contributed by atoms with Gasteiger partial charge in [0.2, 0.25) is 21.8 Å². The average molecular weight is 591 g/mol. The third-order valence-corrected chi connectivity index (χ3v) is 7.88. The Labute approximate surface area is 240 Å². The van der Waals surface area contributed by atoms with Crippen LogP contribution in [0.5, 0.6) is 0 Å². The first-order chi connectivity index (χ1) is 18.6. The Hall–Kier alpha value is -3.07. The van der Waals surface area contributed by atoms with E-state index < -0.39 is 16.1 Å². The molecule has 1 N–H and O–H groups in total. The van der Waals surface area contributed by atoms with E-state index in [-0.39, 0.29) is 48.5 Å². The lowest BCUT2D eigenvalue weighted by Crippen LogP contribution is -2.50. The van der Waals surface area contributed by atoms with Crippen molar-refractivity contribution < 1.29 is 18.0 Å². The van der Waals surface area contributed by atoms with Crippen molar-refractivity contribution in [3.63, 3.8) is 0 Å².